The van der Waals surface area contributed by atoms with Crippen molar-refractivity contribution in [3.63, 3.8) is 0 Å². The van der Waals surface area contributed by atoms with Gasteiger partial charge < -0.3 is 20.6 Å². The van der Waals surface area contributed by atoms with Crippen LogP contribution in [0.3, 0.4) is 0 Å². The first-order chi connectivity index (χ1) is 9.10. The Labute approximate surface area is 116 Å². The van der Waals surface area contributed by atoms with Crippen molar-refractivity contribution in [3.05, 3.63) is 18.2 Å². The van der Waals surface area contributed by atoms with E-state index in [9.17, 15) is 4.79 Å². The number of nitrogens with two attached hydrogens (primary N) is 1. The number of rotatable bonds is 6. The third-order valence-electron chi connectivity index (χ3n) is 2.60. The summed E-state index contributed by atoms with van der Waals surface area (Å²) in [6, 6.07) is 5.03. The number of hydrogen-bond acceptors (Lipinski definition) is 6. The van der Waals surface area contributed by atoms with Crippen molar-refractivity contribution in [2.75, 3.05) is 17.4 Å². The molecule has 0 aliphatic carbocycles. The number of thioether (sulfide) groups is 1. The Bertz CT molecular complexity index is 470. The second-order valence-corrected chi connectivity index (χ2v) is 5.06. The van der Waals surface area contributed by atoms with Gasteiger partial charge >= 0.3 is 0 Å². The van der Waals surface area contributed by atoms with Gasteiger partial charge in [-0.15, -0.1) is 0 Å². The predicted molar refractivity (Wildman–Crippen MR) is 75.3 cm³/mol. The van der Waals surface area contributed by atoms with E-state index in [0.717, 1.165) is 5.69 Å². The molecule has 2 atom stereocenters. The van der Waals surface area contributed by atoms with E-state index in [4.69, 9.17) is 15.2 Å². The van der Waals surface area contributed by atoms with Gasteiger partial charge in [-0.3, -0.25) is 4.79 Å². The first-order valence-corrected chi connectivity index (χ1v) is 7.26. The Morgan fingerprint density at radius 2 is 2.21 bits per heavy atom. The van der Waals surface area contributed by atoms with Crippen LogP contribution in [-0.4, -0.2) is 30.2 Å². The minimum Gasteiger partial charge on any atom is -0.451 e. The average molecular weight is 283 g/mol. The lowest BCUT2D eigenvalue weighted by Gasteiger charge is -2.16. The van der Waals surface area contributed by atoms with E-state index in [-0.39, 0.29) is 6.29 Å². The molecule has 0 saturated heterocycles. The molecule has 1 aromatic rings. The minimum absolute atomic E-state index is 0.270. The van der Waals surface area contributed by atoms with Crippen LogP contribution in [0.25, 0.3) is 0 Å². The molecule has 104 valence electrons. The van der Waals surface area contributed by atoms with E-state index in [1.165, 1.54) is 0 Å². The highest BCUT2D eigenvalue weighted by Crippen LogP contribution is 2.36. The SMILES string of the molecule is CSC[C@H](NNc1ccc2c(c1)OC(C)O2)C(N)=O. The molecule has 0 fully saturated rings. The fourth-order valence-corrected chi connectivity index (χ4v) is 2.27. The maximum Gasteiger partial charge on any atom is 0.238 e. The van der Waals surface area contributed by atoms with Crippen LogP contribution >= 0.6 is 11.8 Å². The van der Waals surface area contributed by atoms with Gasteiger partial charge in [0.15, 0.2) is 11.5 Å². The van der Waals surface area contributed by atoms with Crippen LogP contribution in [0.15, 0.2) is 18.2 Å². The van der Waals surface area contributed by atoms with Crippen LogP contribution in [0.1, 0.15) is 6.92 Å². The zero-order valence-corrected chi connectivity index (χ0v) is 11.6. The molecule has 0 radical (unpaired) electrons. The number of fused-ring (bicyclic) bond motifs is 1. The summed E-state index contributed by atoms with van der Waals surface area (Å²) in [6.45, 7) is 1.83. The predicted octanol–water partition coefficient (Wildman–Crippen LogP) is 0.937. The number of carbonyl (C=O) groups is 1. The average Bonchev–Trinajstić information content (AvgIpc) is 2.73. The summed E-state index contributed by atoms with van der Waals surface area (Å²) in [7, 11) is 0. The molecular formula is C12H17N3O3S. The highest BCUT2D eigenvalue weighted by Gasteiger charge is 2.20. The van der Waals surface area contributed by atoms with Crippen molar-refractivity contribution < 1.29 is 14.3 Å². The molecule has 0 spiro atoms. The molecule has 4 N–H and O–H groups in total. The number of hydrogen-bond donors (Lipinski definition) is 3. The van der Waals surface area contributed by atoms with Crippen molar-refractivity contribution in [2.45, 2.75) is 19.3 Å². The van der Waals surface area contributed by atoms with Gasteiger partial charge in [0, 0.05) is 18.7 Å². The number of primary amides is 1. The van der Waals surface area contributed by atoms with Crippen molar-refractivity contribution in [1.82, 2.24) is 5.43 Å². The first-order valence-electron chi connectivity index (χ1n) is 5.87. The quantitative estimate of drug-likeness (QED) is 0.674. The van der Waals surface area contributed by atoms with Gasteiger partial charge in [-0.1, -0.05) is 0 Å². The Hall–Kier alpha value is -1.60. The van der Waals surface area contributed by atoms with Crippen LogP contribution in [0.2, 0.25) is 0 Å². The Morgan fingerprint density at radius 1 is 1.47 bits per heavy atom. The van der Waals surface area contributed by atoms with Gasteiger partial charge in [-0.25, -0.2) is 5.43 Å². The molecule has 1 unspecified atom stereocenters. The molecule has 1 aliphatic heterocycles. The minimum atomic E-state index is -0.431. The maximum absolute atomic E-state index is 11.2. The molecule has 1 aliphatic rings. The van der Waals surface area contributed by atoms with Gasteiger partial charge in [0.2, 0.25) is 12.2 Å². The molecule has 1 amide bonds. The lowest BCUT2D eigenvalue weighted by molar-refractivity contribution is -0.119. The fraction of sp³-hybridized carbons (Fsp3) is 0.417. The molecule has 1 aromatic carbocycles. The summed E-state index contributed by atoms with van der Waals surface area (Å²) in [5.41, 5.74) is 11.9. The number of carbonyl (C=O) groups excluding carboxylic acids is 1. The van der Waals surface area contributed by atoms with E-state index < -0.39 is 11.9 Å². The Kier molecular flexibility index (Phi) is 4.39. The number of hydrazine groups is 1. The van der Waals surface area contributed by atoms with Crippen LogP contribution in [0, 0.1) is 0 Å². The molecule has 1 heterocycles. The standard InChI is InChI=1S/C12H17N3O3S/c1-7-17-10-4-3-8(5-11(10)18-7)14-15-9(6-19-2)12(13)16/h3-5,7,9,14-15H,6H2,1-2H3,(H2,13,16)/t7?,9-/m0/s1. The molecular weight excluding hydrogens is 266 g/mol. The third kappa shape index (κ3) is 3.45. The smallest absolute Gasteiger partial charge is 0.238 e. The summed E-state index contributed by atoms with van der Waals surface area (Å²) in [4.78, 5) is 11.2. The molecule has 19 heavy (non-hydrogen) atoms. The lowest BCUT2D eigenvalue weighted by Crippen LogP contribution is -2.45. The van der Waals surface area contributed by atoms with E-state index in [0.29, 0.717) is 17.3 Å². The number of ether oxygens (including phenoxy) is 2. The molecule has 0 aromatic heterocycles. The van der Waals surface area contributed by atoms with Gasteiger partial charge in [0.25, 0.3) is 0 Å². The van der Waals surface area contributed by atoms with Crippen LogP contribution < -0.4 is 26.1 Å². The molecule has 7 heteroatoms. The first kappa shape index (κ1) is 13.8. The zero-order valence-electron chi connectivity index (χ0n) is 10.8. The number of benzene rings is 1. The van der Waals surface area contributed by atoms with Crippen LogP contribution in [0.4, 0.5) is 5.69 Å². The number of nitrogens with one attached hydrogen (secondary N) is 2. The summed E-state index contributed by atoms with van der Waals surface area (Å²) in [5.74, 6) is 1.61. The molecule has 2 rings (SSSR count). The summed E-state index contributed by atoms with van der Waals surface area (Å²) in [6.07, 6.45) is 1.65. The normalized spacial score (nSPS) is 18.1. The highest BCUT2D eigenvalue weighted by molar-refractivity contribution is 7.98. The van der Waals surface area contributed by atoms with Crippen molar-refractivity contribution in [3.8, 4) is 11.5 Å². The third-order valence-corrected chi connectivity index (χ3v) is 3.26. The largest absolute Gasteiger partial charge is 0.451 e. The topological polar surface area (TPSA) is 85.6 Å². The van der Waals surface area contributed by atoms with Gasteiger partial charge in [-0.2, -0.15) is 11.8 Å². The molecule has 0 bridgehead atoms. The summed E-state index contributed by atoms with van der Waals surface area (Å²) in [5, 5.41) is 0. The van der Waals surface area contributed by atoms with E-state index in [1.807, 2.05) is 31.4 Å². The molecule has 6 nitrogen and oxygen atoms in total. The summed E-state index contributed by atoms with van der Waals surface area (Å²) < 4.78 is 10.9. The maximum atomic E-state index is 11.2. The zero-order chi connectivity index (χ0) is 13.8. The fourth-order valence-electron chi connectivity index (χ4n) is 1.69. The molecule has 0 saturated carbocycles. The van der Waals surface area contributed by atoms with E-state index >= 15 is 0 Å². The van der Waals surface area contributed by atoms with Crippen molar-refractivity contribution in [1.29, 1.82) is 0 Å². The van der Waals surface area contributed by atoms with Crippen molar-refractivity contribution >= 4 is 23.4 Å². The number of anilines is 1. The number of amides is 1. The highest BCUT2D eigenvalue weighted by atomic mass is 32.2. The summed E-state index contributed by atoms with van der Waals surface area (Å²) >= 11 is 1.55. The second kappa shape index (κ2) is 6.03. The second-order valence-electron chi connectivity index (χ2n) is 4.14. The Morgan fingerprint density at radius 3 is 2.89 bits per heavy atom. The lowest BCUT2D eigenvalue weighted by atomic mass is 10.3. The van der Waals surface area contributed by atoms with Crippen molar-refractivity contribution in [2.24, 2.45) is 5.73 Å². The monoisotopic (exact) mass is 283 g/mol. The van der Waals surface area contributed by atoms with Crippen LogP contribution in [0.5, 0.6) is 11.5 Å². The van der Waals surface area contributed by atoms with Gasteiger partial charge in [0.05, 0.1) is 5.69 Å². The van der Waals surface area contributed by atoms with E-state index in [2.05, 4.69) is 10.9 Å². The van der Waals surface area contributed by atoms with Crippen LogP contribution in [-0.2, 0) is 4.79 Å². The van der Waals surface area contributed by atoms with Gasteiger partial charge in [-0.05, 0) is 18.4 Å². The van der Waals surface area contributed by atoms with E-state index in [1.54, 1.807) is 11.8 Å². The Balaban J connectivity index is 1.96. The van der Waals surface area contributed by atoms with Gasteiger partial charge in [0.1, 0.15) is 6.04 Å².